The fraction of sp³-hybridized carbons (Fsp3) is 0.429. The number of carboxylic acids is 1. The van der Waals surface area contributed by atoms with Crippen molar-refractivity contribution in [2.24, 2.45) is 5.92 Å². The first kappa shape index (κ1) is 14.8. The summed E-state index contributed by atoms with van der Waals surface area (Å²) in [7, 11) is 0. The smallest absolute Gasteiger partial charge is 0.321 e. The van der Waals surface area contributed by atoms with Crippen molar-refractivity contribution in [2.75, 3.05) is 18.4 Å². The molecular weight excluding hydrogens is 324 g/mol. The van der Waals surface area contributed by atoms with Gasteiger partial charge < -0.3 is 15.3 Å². The van der Waals surface area contributed by atoms with Gasteiger partial charge in [-0.2, -0.15) is 0 Å². The number of urea groups is 1. The third kappa shape index (κ3) is 3.30. The van der Waals surface area contributed by atoms with Gasteiger partial charge in [0, 0.05) is 29.2 Å². The lowest BCUT2D eigenvalue weighted by Gasteiger charge is -2.38. The van der Waals surface area contributed by atoms with Gasteiger partial charge in [-0.1, -0.05) is 15.9 Å². The number of halogens is 1. The summed E-state index contributed by atoms with van der Waals surface area (Å²) in [6.07, 6.45) is 0.125. The van der Waals surface area contributed by atoms with Gasteiger partial charge in [0.15, 0.2) is 0 Å². The number of carbonyl (C=O) groups is 2. The van der Waals surface area contributed by atoms with Crippen LogP contribution in [0.2, 0.25) is 0 Å². The number of carboxylic acid groups (broad SMARTS) is 1. The van der Waals surface area contributed by atoms with Crippen LogP contribution in [0.1, 0.15) is 17.5 Å². The number of aliphatic carboxylic acids is 1. The first-order valence-corrected chi connectivity index (χ1v) is 7.20. The van der Waals surface area contributed by atoms with Gasteiger partial charge in [-0.05, 0) is 37.1 Å². The zero-order valence-corrected chi connectivity index (χ0v) is 13.0. The molecule has 1 aromatic carbocycles. The van der Waals surface area contributed by atoms with E-state index in [1.807, 2.05) is 26.0 Å². The highest BCUT2D eigenvalue weighted by atomic mass is 79.9. The molecular formula is C14H17BrN2O3. The number of nitrogens with one attached hydrogen (secondary N) is 1. The van der Waals surface area contributed by atoms with E-state index in [2.05, 4.69) is 21.2 Å². The van der Waals surface area contributed by atoms with Crippen LogP contribution in [-0.4, -0.2) is 35.1 Å². The Bertz CT molecular complexity index is 530. The molecule has 108 valence electrons. The summed E-state index contributed by atoms with van der Waals surface area (Å²) < 4.78 is 1.04. The summed E-state index contributed by atoms with van der Waals surface area (Å²) in [6.45, 7) is 4.96. The Morgan fingerprint density at radius 3 is 2.40 bits per heavy atom. The molecule has 1 aliphatic rings. The molecule has 0 radical (unpaired) electrons. The maximum absolute atomic E-state index is 12.0. The van der Waals surface area contributed by atoms with E-state index >= 15 is 0 Å². The lowest BCUT2D eigenvalue weighted by atomic mass is 9.97. The van der Waals surface area contributed by atoms with Gasteiger partial charge in [-0.3, -0.25) is 4.79 Å². The molecule has 0 spiro atoms. The van der Waals surface area contributed by atoms with Crippen molar-refractivity contribution in [3.8, 4) is 0 Å². The molecule has 2 rings (SSSR count). The van der Waals surface area contributed by atoms with E-state index < -0.39 is 5.97 Å². The molecule has 0 bridgehead atoms. The molecule has 0 aromatic heterocycles. The number of carbonyl (C=O) groups excluding carboxylic acids is 1. The second-order valence-corrected chi connectivity index (χ2v) is 6.02. The Balaban J connectivity index is 1.92. The number of nitrogens with zero attached hydrogens (tertiary/aromatic N) is 1. The lowest BCUT2D eigenvalue weighted by Crippen LogP contribution is -2.52. The predicted octanol–water partition coefficient (Wildman–Crippen LogP) is 3.00. The zero-order valence-electron chi connectivity index (χ0n) is 11.4. The van der Waals surface area contributed by atoms with Gasteiger partial charge in [0.25, 0.3) is 0 Å². The van der Waals surface area contributed by atoms with E-state index in [0.29, 0.717) is 13.1 Å². The Hall–Kier alpha value is -1.56. The Morgan fingerprint density at radius 2 is 1.90 bits per heavy atom. The number of hydrogen-bond donors (Lipinski definition) is 2. The molecule has 0 unspecified atom stereocenters. The van der Waals surface area contributed by atoms with Crippen molar-refractivity contribution < 1.29 is 14.7 Å². The molecule has 20 heavy (non-hydrogen) atoms. The third-order valence-electron chi connectivity index (χ3n) is 3.40. The molecule has 0 saturated carbocycles. The van der Waals surface area contributed by atoms with Crippen molar-refractivity contribution in [1.29, 1.82) is 0 Å². The van der Waals surface area contributed by atoms with Crippen LogP contribution in [0.3, 0.4) is 0 Å². The van der Waals surface area contributed by atoms with Crippen LogP contribution < -0.4 is 5.32 Å². The normalized spacial score (nSPS) is 14.8. The van der Waals surface area contributed by atoms with Gasteiger partial charge in [0.05, 0.1) is 6.42 Å². The maximum atomic E-state index is 12.0. The zero-order chi connectivity index (χ0) is 14.9. The molecule has 0 aliphatic carbocycles. The molecule has 2 N–H and O–H groups in total. The fourth-order valence-electron chi connectivity index (χ4n) is 2.33. The second kappa shape index (κ2) is 5.83. The lowest BCUT2D eigenvalue weighted by molar-refractivity contribution is -0.139. The number of benzene rings is 1. The number of aryl methyl sites for hydroxylation is 2. The summed E-state index contributed by atoms with van der Waals surface area (Å²) in [4.78, 5) is 24.2. The van der Waals surface area contributed by atoms with E-state index in [9.17, 15) is 9.59 Å². The first-order valence-electron chi connectivity index (χ1n) is 6.41. The number of likely N-dealkylation sites (tertiary alicyclic amines) is 1. The van der Waals surface area contributed by atoms with Crippen molar-refractivity contribution in [1.82, 2.24) is 4.90 Å². The van der Waals surface area contributed by atoms with E-state index in [0.717, 1.165) is 21.3 Å². The molecule has 1 heterocycles. The first-order chi connectivity index (χ1) is 9.36. The third-order valence-corrected chi connectivity index (χ3v) is 4.65. The molecule has 1 aromatic rings. The Labute approximate surface area is 126 Å². The van der Waals surface area contributed by atoms with Crippen molar-refractivity contribution >= 4 is 33.6 Å². The van der Waals surface area contributed by atoms with Gasteiger partial charge in [0.2, 0.25) is 0 Å². The number of anilines is 1. The van der Waals surface area contributed by atoms with Gasteiger partial charge in [0.1, 0.15) is 0 Å². The van der Waals surface area contributed by atoms with Crippen LogP contribution in [0.25, 0.3) is 0 Å². The molecule has 2 amide bonds. The number of hydrogen-bond acceptors (Lipinski definition) is 2. The van der Waals surface area contributed by atoms with Crippen molar-refractivity contribution in [3.63, 3.8) is 0 Å². The van der Waals surface area contributed by atoms with Crippen molar-refractivity contribution in [3.05, 3.63) is 27.7 Å². The van der Waals surface area contributed by atoms with Gasteiger partial charge in [-0.15, -0.1) is 0 Å². The van der Waals surface area contributed by atoms with Crippen LogP contribution in [0, 0.1) is 19.8 Å². The number of rotatable bonds is 3. The minimum absolute atomic E-state index is 0.0756. The van der Waals surface area contributed by atoms with Crippen LogP contribution in [0.15, 0.2) is 16.6 Å². The highest BCUT2D eigenvalue weighted by molar-refractivity contribution is 9.10. The Kier molecular flexibility index (Phi) is 4.32. The predicted molar refractivity (Wildman–Crippen MR) is 80.0 cm³/mol. The average molecular weight is 341 g/mol. The van der Waals surface area contributed by atoms with Crippen LogP contribution in [0.5, 0.6) is 0 Å². The van der Waals surface area contributed by atoms with E-state index in [1.54, 1.807) is 4.90 Å². The van der Waals surface area contributed by atoms with E-state index in [4.69, 9.17) is 5.11 Å². The molecule has 6 heteroatoms. The summed E-state index contributed by atoms with van der Waals surface area (Å²) in [6, 6.07) is 3.64. The SMILES string of the molecule is Cc1cc(NC(=O)N2CC(CC(=O)O)C2)cc(C)c1Br. The molecule has 1 fully saturated rings. The summed E-state index contributed by atoms with van der Waals surface area (Å²) >= 11 is 3.49. The minimum Gasteiger partial charge on any atom is -0.481 e. The largest absolute Gasteiger partial charge is 0.481 e. The highest BCUT2D eigenvalue weighted by Gasteiger charge is 2.32. The van der Waals surface area contributed by atoms with Crippen LogP contribution >= 0.6 is 15.9 Å². The summed E-state index contributed by atoms with van der Waals surface area (Å²) in [5, 5.41) is 11.5. The van der Waals surface area contributed by atoms with E-state index in [-0.39, 0.29) is 18.4 Å². The van der Waals surface area contributed by atoms with Crippen LogP contribution in [0.4, 0.5) is 10.5 Å². The van der Waals surface area contributed by atoms with Gasteiger partial charge >= 0.3 is 12.0 Å². The highest BCUT2D eigenvalue weighted by Crippen LogP contribution is 2.26. The van der Waals surface area contributed by atoms with Crippen LogP contribution in [-0.2, 0) is 4.79 Å². The Morgan fingerprint density at radius 1 is 1.35 bits per heavy atom. The standard InChI is InChI=1S/C14H17BrN2O3/c1-8-3-11(4-9(2)13(8)15)16-14(20)17-6-10(7-17)5-12(18)19/h3-4,10H,5-7H2,1-2H3,(H,16,20)(H,18,19). The minimum atomic E-state index is -0.811. The molecule has 1 saturated heterocycles. The molecule has 1 aliphatic heterocycles. The monoisotopic (exact) mass is 340 g/mol. The van der Waals surface area contributed by atoms with E-state index in [1.165, 1.54) is 0 Å². The topological polar surface area (TPSA) is 69.6 Å². The summed E-state index contributed by atoms with van der Waals surface area (Å²) in [5.41, 5.74) is 2.88. The van der Waals surface area contributed by atoms with Crippen molar-refractivity contribution in [2.45, 2.75) is 20.3 Å². The quantitative estimate of drug-likeness (QED) is 0.888. The molecule has 5 nitrogen and oxygen atoms in total. The van der Waals surface area contributed by atoms with Gasteiger partial charge in [-0.25, -0.2) is 4.79 Å². The summed E-state index contributed by atoms with van der Waals surface area (Å²) in [5.74, 6) is -0.735. The fourth-order valence-corrected chi connectivity index (χ4v) is 2.56. The molecule has 0 atom stereocenters. The maximum Gasteiger partial charge on any atom is 0.321 e. The average Bonchev–Trinajstić information content (AvgIpc) is 2.29. The number of amides is 2. The second-order valence-electron chi connectivity index (χ2n) is 5.22.